The molecule has 1 unspecified atom stereocenters. The van der Waals surface area contributed by atoms with Crippen LogP contribution in [-0.4, -0.2) is 19.6 Å². The van der Waals surface area contributed by atoms with E-state index in [1.807, 2.05) is 32.1 Å². The summed E-state index contributed by atoms with van der Waals surface area (Å²) in [5.74, 6) is -0.177. The van der Waals surface area contributed by atoms with Crippen LogP contribution in [0.5, 0.6) is 0 Å². The van der Waals surface area contributed by atoms with Crippen LogP contribution in [0.25, 0.3) is 0 Å². The van der Waals surface area contributed by atoms with Crippen LogP contribution in [0.2, 0.25) is 0 Å². The second kappa shape index (κ2) is 7.74. The van der Waals surface area contributed by atoms with Gasteiger partial charge in [-0.3, -0.25) is 0 Å². The molecule has 1 aromatic carbocycles. The summed E-state index contributed by atoms with van der Waals surface area (Å²) in [5.41, 5.74) is 1.60. The van der Waals surface area contributed by atoms with Gasteiger partial charge in [0.15, 0.2) is 0 Å². The van der Waals surface area contributed by atoms with Gasteiger partial charge < -0.3 is 10.2 Å². The molecule has 3 heteroatoms. The van der Waals surface area contributed by atoms with Crippen LogP contribution in [0, 0.1) is 5.82 Å². The SMILES string of the molecule is C=CCN(CC=C)c1cccc(F)c1C(C)NCC. The van der Waals surface area contributed by atoms with Crippen molar-refractivity contribution in [2.45, 2.75) is 19.9 Å². The van der Waals surface area contributed by atoms with E-state index in [-0.39, 0.29) is 11.9 Å². The zero-order chi connectivity index (χ0) is 14.3. The minimum Gasteiger partial charge on any atom is -0.364 e. The summed E-state index contributed by atoms with van der Waals surface area (Å²) < 4.78 is 14.1. The van der Waals surface area contributed by atoms with Crippen molar-refractivity contribution in [1.82, 2.24) is 5.32 Å². The Bertz CT molecular complexity index is 419. The van der Waals surface area contributed by atoms with Crippen LogP contribution >= 0.6 is 0 Å². The van der Waals surface area contributed by atoms with Crippen LogP contribution in [-0.2, 0) is 0 Å². The Morgan fingerprint density at radius 3 is 2.47 bits per heavy atom. The molecule has 1 atom stereocenters. The zero-order valence-corrected chi connectivity index (χ0v) is 11.8. The standard InChI is InChI=1S/C16H23FN2/c1-5-11-19(12-6-2)15-10-8-9-14(17)16(15)13(4)18-7-3/h5-6,8-10,13,18H,1-2,7,11-12H2,3-4H3. The quantitative estimate of drug-likeness (QED) is 0.719. The summed E-state index contributed by atoms with van der Waals surface area (Å²) in [5, 5.41) is 3.26. The van der Waals surface area contributed by atoms with Gasteiger partial charge in [0.05, 0.1) is 0 Å². The van der Waals surface area contributed by atoms with E-state index in [0.717, 1.165) is 12.2 Å². The minimum atomic E-state index is -0.177. The van der Waals surface area contributed by atoms with Crippen molar-refractivity contribution >= 4 is 5.69 Å². The molecule has 2 nitrogen and oxygen atoms in total. The fourth-order valence-electron chi connectivity index (χ4n) is 2.22. The van der Waals surface area contributed by atoms with Gasteiger partial charge in [-0.1, -0.05) is 25.1 Å². The highest BCUT2D eigenvalue weighted by Gasteiger charge is 2.18. The van der Waals surface area contributed by atoms with Gasteiger partial charge in [-0.25, -0.2) is 4.39 Å². The van der Waals surface area contributed by atoms with Crippen molar-refractivity contribution in [3.05, 3.63) is 54.9 Å². The third-order valence-electron chi connectivity index (χ3n) is 3.01. The third-order valence-corrected chi connectivity index (χ3v) is 3.01. The lowest BCUT2D eigenvalue weighted by Crippen LogP contribution is -2.27. The fraction of sp³-hybridized carbons (Fsp3) is 0.375. The molecule has 19 heavy (non-hydrogen) atoms. The second-order valence-corrected chi connectivity index (χ2v) is 4.43. The molecule has 1 aromatic rings. The van der Waals surface area contributed by atoms with Gasteiger partial charge in [-0.15, -0.1) is 13.2 Å². The highest BCUT2D eigenvalue weighted by Crippen LogP contribution is 2.29. The molecular formula is C16H23FN2. The Morgan fingerprint density at radius 1 is 1.32 bits per heavy atom. The predicted octanol–water partition coefficient (Wildman–Crippen LogP) is 3.67. The van der Waals surface area contributed by atoms with Crippen molar-refractivity contribution in [2.75, 3.05) is 24.5 Å². The monoisotopic (exact) mass is 262 g/mol. The third kappa shape index (κ3) is 3.93. The van der Waals surface area contributed by atoms with E-state index in [4.69, 9.17) is 0 Å². The van der Waals surface area contributed by atoms with Crippen LogP contribution in [0.4, 0.5) is 10.1 Å². The molecule has 0 amide bonds. The van der Waals surface area contributed by atoms with Gasteiger partial charge in [-0.2, -0.15) is 0 Å². The lowest BCUT2D eigenvalue weighted by Gasteiger charge is -2.27. The maximum Gasteiger partial charge on any atom is 0.130 e. The molecule has 0 radical (unpaired) electrons. The Labute approximate surface area is 115 Å². The zero-order valence-electron chi connectivity index (χ0n) is 11.8. The first-order chi connectivity index (χ1) is 9.15. The smallest absolute Gasteiger partial charge is 0.130 e. The lowest BCUT2D eigenvalue weighted by atomic mass is 10.0. The number of anilines is 1. The van der Waals surface area contributed by atoms with Gasteiger partial charge in [0.2, 0.25) is 0 Å². The van der Waals surface area contributed by atoms with Gasteiger partial charge in [0, 0.05) is 30.4 Å². The molecule has 0 aromatic heterocycles. The number of benzene rings is 1. The molecular weight excluding hydrogens is 239 g/mol. The number of nitrogens with one attached hydrogen (secondary N) is 1. The Hall–Kier alpha value is -1.61. The molecule has 0 heterocycles. The van der Waals surface area contributed by atoms with Gasteiger partial charge in [0.1, 0.15) is 5.82 Å². The summed E-state index contributed by atoms with van der Waals surface area (Å²) in [6.07, 6.45) is 3.63. The van der Waals surface area contributed by atoms with E-state index in [2.05, 4.69) is 23.4 Å². The maximum atomic E-state index is 14.1. The van der Waals surface area contributed by atoms with E-state index >= 15 is 0 Å². The summed E-state index contributed by atoms with van der Waals surface area (Å²) in [4.78, 5) is 2.06. The van der Waals surface area contributed by atoms with Crippen molar-refractivity contribution < 1.29 is 4.39 Å². The largest absolute Gasteiger partial charge is 0.364 e. The van der Waals surface area contributed by atoms with Gasteiger partial charge in [0.25, 0.3) is 0 Å². The molecule has 0 saturated heterocycles. The topological polar surface area (TPSA) is 15.3 Å². The summed E-state index contributed by atoms with van der Waals surface area (Å²) in [6, 6.07) is 5.16. The summed E-state index contributed by atoms with van der Waals surface area (Å²) in [7, 11) is 0. The van der Waals surface area contributed by atoms with Crippen LogP contribution in [0.1, 0.15) is 25.5 Å². The Morgan fingerprint density at radius 2 is 1.95 bits per heavy atom. The van der Waals surface area contributed by atoms with Crippen molar-refractivity contribution in [2.24, 2.45) is 0 Å². The lowest BCUT2D eigenvalue weighted by molar-refractivity contribution is 0.540. The molecule has 0 aliphatic rings. The maximum absolute atomic E-state index is 14.1. The number of hydrogen-bond donors (Lipinski definition) is 1. The molecule has 1 rings (SSSR count). The van der Waals surface area contributed by atoms with Crippen LogP contribution in [0.3, 0.4) is 0 Å². The molecule has 0 spiro atoms. The fourth-order valence-corrected chi connectivity index (χ4v) is 2.22. The van der Waals surface area contributed by atoms with E-state index in [1.165, 1.54) is 6.07 Å². The Balaban J connectivity index is 3.19. The molecule has 0 aliphatic carbocycles. The number of halogens is 1. The van der Waals surface area contributed by atoms with Crippen molar-refractivity contribution in [3.8, 4) is 0 Å². The molecule has 0 fully saturated rings. The molecule has 1 N–H and O–H groups in total. The van der Waals surface area contributed by atoms with E-state index in [1.54, 1.807) is 6.07 Å². The van der Waals surface area contributed by atoms with Crippen LogP contribution < -0.4 is 10.2 Å². The van der Waals surface area contributed by atoms with Crippen molar-refractivity contribution in [1.29, 1.82) is 0 Å². The number of hydrogen-bond acceptors (Lipinski definition) is 2. The summed E-state index contributed by atoms with van der Waals surface area (Å²) >= 11 is 0. The minimum absolute atomic E-state index is 0.0293. The Kier molecular flexibility index (Phi) is 6.30. The first-order valence-corrected chi connectivity index (χ1v) is 6.64. The highest BCUT2D eigenvalue weighted by molar-refractivity contribution is 5.56. The molecule has 104 valence electrons. The van der Waals surface area contributed by atoms with Crippen LogP contribution in [0.15, 0.2) is 43.5 Å². The highest BCUT2D eigenvalue weighted by atomic mass is 19.1. The molecule has 0 saturated carbocycles. The van der Waals surface area contributed by atoms with Gasteiger partial charge in [-0.05, 0) is 25.6 Å². The normalized spacial score (nSPS) is 11.9. The summed E-state index contributed by atoms with van der Waals surface area (Å²) in [6.45, 7) is 13.6. The second-order valence-electron chi connectivity index (χ2n) is 4.43. The average molecular weight is 262 g/mol. The first kappa shape index (κ1) is 15.4. The van der Waals surface area contributed by atoms with Gasteiger partial charge >= 0.3 is 0 Å². The molecule has 0 aliphatic heterocycles. The van der Waals surface area contributed by atoms with Crippen molar-refractivity contribution in [3.63, 3.8) is 0 Å². The predicted molar refractivity (Wildman–Crippen MR) is 81.1 cm³/mol. The number of nitrogens with zero attached hydrogens (tertiary/aromatic N) is 1. The number of rotatable bonds is 8. The van der Waals surface area contributed by atoms with E-state index < -0.39 is 0 Å². The first-order valence-electron chi connectivity index (χ1n) is 6.64. The molecule has 0 bridgehead atoms. The van der Waals surface area contributed by atoms with E-state index in [9.17, 15) is 4.39 Å². The van der Waals surface area contributed by atoms with E-state index in [0.29, 0.717) is 18.7 Å². The average Bonchev–Trinajstić information content (AvgIpc) is 2.38.